The first-order chi connectivity index (χ1) is 8.65. The molecule has 0 unspecified atom stereocenters. The van der Waals surface area contributed by atoms with Crippen LogP contribution in [0, 0.1) is 5.92 Å². The highest BCUT2D eigenvalue weighted by Gasteiger charge is 2.24. The van der Waals surface area contributed by atoms with E-state index >= 15 is 0 Å². The van der Waals surface area contributed by atoms with E-state index in [0.717, 1.165) is 23.7 Å². The van der Waals surface area contributed by atoms with Gasteiger partial charge in [-0.1, -0.05) is 0 Å². The van der Waals surface area contributed by atoms with Crippen LogP contribution in [0.25, 0.3) is 11.4 Å². The fourth-order valence-electron chi connectivity index (χ4n) is 2.24. The predicted octanol–water partition coefficient (Wildman–Crippen LogP) is 2.07. The van der Waals surface area contributed by atoms with Crippen molar-refractivity contribution in [1.29, 1.82) is 0 Å². The molecular formula is C13H15N3O2. The standard InChI is InChI=1S/C13H15N3O2/c1-16-11(4-5-14-16)12-10(13(17)18)7-9(15-12)6-8-2-3-8/h4-5,7-8,15H,2-3,6H2,1H3,(H,17,18). The molecule has 0 spiro atoms. The summed E-state index contributed by atoms with van der Waals surface area (Å²) in [6.45, 7) is 0. The lowest BCUT2D eigenvalue weighted by molar-refractivity contribution is 0.0698. The van der Waals surface area contributed by atoms with Crippen molar-refractivity contribution in [3.05, 3.63) is 29.6 Å². The highest BCUT2D eigenvalue weighted by atomic mass is 16.4. The van der Waals surface area contributed by atoms with Gasteiger partial charge in [-0.15, -0.1) is 0 Å². The number of aromatic nitrogens is 3. The zero-order valence-corrected chi connectivity index (χ0v) is 10.2. The zero-order chi connectivity index (χ0) is 12.7. The minimum atomic E-state index is -0.899. The van der Waals surface area contributed by atoms with Gasteiger partial charge < -0.3 is 10.1 Å². The van der Waals surface area contributed by atoms with Gasteiger partial charge in [0.1, 0.15) is 0 Å². The number of aromatic amines is 1. The third-order valence-electron chi connectivity index (χ3n) is 3.39. The first kappa shape index (κ1) is 11.1. The molecule has 2 aromatic rings. The Morgan fingerprint density at radius 3 is 2.94 bits per heavy atom. The van der Waals surface area contributed by atoms with E-state index in [4.69, 9.17) is 0 Å². The Bertz CT molecular complexity index is 593. The number of rotatable bonds is 4. The van der Waals surface area contributed by atoms with Gasteiger partial charge in [0, 0.05) is 18.9 Å². The maximum atomic E-state index is 11.3. The fourth-order valence-corrected chi connectivity index (χ4v) is 2.24. The van der Waals surface area contributed by atoms with Crippen molar-refractivity contribution in [2.24, 2.45) is 13.0 Å². The maximum Gasteiger partial charge on any atom is 0.337 e. The molecule has 1 aliphatic carbocycles. The molecule has 5 heteroatoms. The van der Waals surface area contributed by atoms with Crippen LogP contribution in [-0.4, -0.2) is 25.8 Å². The van der Waals surface area contributed by atoms with Crippen molar-refractivity contribution in [3.63, 3.8) is 0 Å². The van der Waals surface area contributed by atoms with E-state index in [-0.39, 0.29) is 0 Å². The van der Waals surface area contributed by atoms with E-state index in [2.05, 4.69) is 10.1 Å². The third-order valence-corrected chi connectivity index (χ3v) is 3.39. The second-order valence-electron chi connectivity index (χ2n) is 4.88. The molecule has 2 heterocycles. The average molecular weight is 245 g/mol. The Labute approximate surface area is 104 Å². The molecule has 3 rings (SSSR count). The first-order valence-corrected chi connectivity index (χ1v) is 6.08. The van der Waals surface area contributed by atoms with Crippen LogP contribution in [0.15, 0.2) is 18.3 Å². The van der Waals surface area contributed by atoms with Crippen LogP contribution in [0.3, 0.4) is 0 Å². The lowest BCUT2D eigenvalue weighted by atomic mass is 10.1. The van der Waals surface area contributed by atoms with E-state index < -0.39 is 5.97 Å². The molecule has 2 aromatic heterocycles. The Kier molecular flexibility index (Phi) is 2.47. The van der Waals surface area contributed by atoms with Crippen LogP contribution < -0.4 is 0 Å². The van der Waals surface area contributed by atoms with Crippen LogP contribution in [0.5, 0.6) is 0 Å². The molecule has 0 bridgehead atoms. The predicted molar refractivity (Wildman–Crippen MR) is 66.4 cm³/mol. The SMILES string of the molecule is Cn1nccc1-c1[nH]c(CC2CC2)cc1C(=O)O. The quantitative estimate of drug-likeness (QED) is 0.866. The lowest BCUT2D eigenvalue weighted by Crippen LogP contribution is -2.00. The van der Waals surface area contributed by atoms with Gasteiger partial charge in [-0.25, -0.2) is 4.79 Å². The van der Waals surface area contributed by atoms with Crippen molar-refractivity contribution in [3.8, 4) is 11.4 Å². The summed E-state index contributed by atoms with van der Waals surface area (Å²) in [5.41, 5.74) is 2.79. The summed E-state index contributed by atoms with van der Waals surface area (Å²) in [6.07, 6.45) is 5.12. The number of nitrogens with one attached hydrogen (secondary N) is 1. The van der Waals surface area contributed by atoms with Crippen molar-refractivity contribution < 1.29 is 9.90 Å². The minimum Gasteiger partial charge on any atom is -0.478 e. The number of carboxylic acid groups (broad SMARTS) is 1. The molecule has 2 N–H and O–H groups in total. The molecule has 94 valence electrons. The number of H-pyrrole nitrogens is 1. The molecule has 5 nitrogen and oxygen atoms in total. The Morgan fingerprint density at radius 1 is 1.61 bits per heavy atom. The number of hydrogen-bond acceptors (Lipinski definition) is 2. The highest BCUT2D eigenvalue weighted by Crippen LogP contribution is 2.34. The van der Waals surface area contributed by atoms with E-state index in [1.165, 1.54) is 12.8 Å². The smallest absolute Gasteiger partial charge is 0.337 e. The van der Waals surface area contributed by atoms with E-state index in [0.29, 0.717) is 11.3 Å². The monoisotopic (exact) mass is 245 g/mol. The van der Waals surface area contributed by atoms with Crippen LogP contribution >= 0.6 is 0 Å². The largest absolute Gasteiger partial charge is 0.478 e. The van der Waals surface area contributed by atoms with Gasteiger partial charge in [-0.3, -0.25) is 4.68 Å². The van der Waals surface area contributed by atoms with Gasteiger partial charge in [0.2, 0.25) is 0 Å². The summed E-state index contributed by atoms with van der Waals surface area (Å²) in [5.74, 6) is -0.172. The van der Waals surface area contributed by atoms with Crippen LogP contribution in [0.2, 0.25) is 0 Å². The molecular weight excluding hydrogens is 230 g/mol. The highest BCUT2D eigenvalue weighted by molar-refractivity contribution is 5.95. The number of carboxylic acids is 1. The first-order valence-electron chi connectivity index (χ1n) is 6.08. The molecule has 0 radical (unpaired) electrons. The molecule has 1 fully saturated rings. The summed E-state index contributed by atoms with van der Waals surface area (Å²) in [7, 11) is 1.81. The fraction of sp³-hybridized carbons (Fsp3) is 0.385. The summed E-state index contributed by atoms with van der Waals surface area (Å²) in [4.78, 5) is 14.5. The second-order valence-corrected chi connectivity index (χ2v) is 4.88. The summed E-state index contributed by atoms with van der Waals surface area (Å²) >= 11 is 0. The molecule has 0 aromatic carbocycles. The Hall–Kier alpha value is -2.04. The normalized spacial score (nSPS) is 14.9. The van der Waals surface area contributed by atoms with Crippen LogP contribution in [0.4, 0.5) is 0 Å². The van der Waals surface area contributed by atoms with Gasteiger partial charge >= 0.3 is 5.97 Å². The van der Waals surface area contributed by atoms with E-state index in [1.807, 2.05) is 13.1 Å². The molecule has 0 aliphatic heterocycles. The molecule has 0 amide bonds. The van der Waals surface area contributed by atoms with Crippen molar-refractivity contribution >= 4 is 5.97 Å². The van der Waals surface area contributed by atoms with Crippen LogP contribution in [-0.2, 0) is 13.5 Å². The lowest BCUT2D eigenvalue weighted by Gasteiger charge is -2.01. The molecule has 1 saturated carbocycles. The average Bonchev–Trinajstić information content (AvgIpc) is 2.86. The Morgan fingerprint density at radius 2 is 2.39 bits per heavy atom. The summed E-state index contributed by atoms with van der Waals surface area (Å²) in [5, 5.41) is 13.3. The van der Waals surface area contributed by atoms with Gasteiger partial charge in [0.25, 0.3) is 0 Å². The molecule has 1 aliphatic rings. The van der Waals surface area contributed by atoms with Gasteiger partial charge in [-0.05, 0) is 37.3 Å². The van der Waals surface area contributed by atoms with Crippen LogP contribution in [0.1, 0.15) is 28.9 Å². The Balaban J connectivity index is 2.03. The molecule has 0 atom stereocenters. The molecule has 18 heavy (non-hydrogen) atoms. The van der Waals surface area contributed by atoms with Gasteiger partial charge in [0.05, 0.1) is 17.0 Å². The van der Waals surface area contributed by atoms with Gasteiger partial charge in [-0.2, -0.15) is 5.10 Å². The van der Waals surface area contributed by atoms with E-state index in [1.54, 1.807) is 16.9 Å². The van der Waals surface area contributed by atoms with Gasteiger partial charge in [0.15, 0.2) is 0 Å². The number of aromatic carboxylic acids is 1. The summed E-state index contributed by atoms with van der Waals surface area (Å²) < 4.78 is 1.68. The minimum absolute atomic E-state index is 0.328. The molecule has 0 saturated heterocycles. The number of aryl methyl sites for hydroxylation is 1. The maximum absolute atomic E-state index is 11.3. The number of carbonyl (C=O) groups is 1. The number of hydrogen-bond donors (Lipinski definition) is 2. The summed E-state index contributed by atoms with van der Waals surface area (Å²) in [6, 6.07) is 3.57. The number of nitrogens with zero attached hydrogens (tertiary/aromatic N) is 2. The van der Waals surface area contributed by atoms with E-state index in [9.17, 15) is 9.90 Å². The van der Waals surface area contributed by atoms with Crippen molar-refractivity contribution in [2.45, 2.75) is 19.3 Å². The second kappa shape index (κ2) is 4.01. The van der Waals surface area contributed by atoms with Crippen molar-refractivity contribution in [1.82, 2.24) is 14.8 Å². The third kappa shape index (κ3) is 1.92. The topological polar surface area (TPSA) is 70.9 Å². The zero-order valence-electron chi connectivity index (χ0n) is 10.2. The van der Waals surface area contributed by atoms with Crippen molar-refractivity contribution in [2.75, 3.05) is 0 Å².